The van der Waals surface area contributed by atoms with E-state index >= 15 is 0 Å². The topological polar surface area (TPSA) is 24.9 Å². The highest BCUT2D eigenvalue weighted by Gasteiger charge is 2.08. The molecule has 0 fully saturated rings. The summed E-state index contributed by atoms with van der Waals surface area (Å²) < 4.78 is 0. The van der Waals surface area contributed by atoms with Crippen LogP contribution in [0.15, 0.2) is 53.9 Å². The van der Waals surface area contributed by atoms with E-state index in [-0.39, 0.29) is 0 Å². The molecule has 5 heteroatoms. The smallest absolute Gasteiger partial charge is 0.183 e. The predicted molar refractivity (Wildman–Crippen MR) is 91.3 cm³/mol. The summed E-state index contributed by atoms with van der Waals surface area (Å²) in [5, 5.41) is 7.42. The molecule has 106 valence electrons. The van der Waals surface area contributed by atoms with Crippen LogP contribution in [-0.4, -0.2) is 4.98 Å². The van der Waals surface area contributed by atoms with Gasteiger partial charge in [-0.2, -0.15) is 0 Å². The van der Waals surface area contributed by atoms with Gasteiger partial charge < -0.3 is 5.32 Å². The molecule has 0 bridgehead atoms. The Labute approximate surface area is 137 Å². The summed E-state index contributed by atoms with van der Waals surface area (Å²) in [5.41, 5.74) is 2.97. The third-order valence-corrected chi connectivity index (χ3v) is 4.35. The lowest BCUT2D eigenvalue weighted by Crippen LogP contribution is -1.98. The Balaban J connectivity index is 1.74. The number of hydrogen-bond acceptors (Lipinski definition) is 3. The Bertz CT molecular complexity index is 741. The van der Waals surface area contributed by atoms with Crippen LogP contribution in [0.3, 0.4) is 0 Å². The van der Waals surface area contributed by atoms with Gasteiger partial charge >= 0.3 is 0 Å². The van der Waals surface area contributed by atoms with E-state index < -0.39 is 0 Å². The quantitative estimate of drug-likeness (QED) is 0.659. The second-order valence-electron chi connectivity index (χ2n) is 4.50. The van der Waals surface area contributed by atoms with Crippen LogP contribution in [-0.2, 0) is 6.54 Å². The molecule has 0 atom stereocenters. The Kier molecular flexibility index (Phi) is 4.44. The average Bonchev–Trinajstić information content (AvgIpc) is 2.95. The van der Waals surface area contributed by atoms with Crippen molar-refractivity contribution in [2.75, 3.05) is 5.32 Å². The first-order valence-electron chi connectivity index (χ1n) is 6.41. The standard InChI is InChI=1S/C16H12Cl2N2S/c17-12-6-7-13(14(18)8-12)15-10-21-16(20-15)19-9-11-4-2-1-3-5-11/h1-8,10H,9H2,(H,19,20). The van der Waals surface area contributed by atoms with Crippen molar-refractivity contribution < 1.29 is 0 Å². The monoisotopic (exact) mass is 334 g/mol. The first kappa shape index (κ1) is 14.4. The predicted octanol–water partition coefficient (Wildman–Crippen LogP) is 5.73. The molecule has 0 aliphatic rings. The van der Waals surface area contributed by atoms with E-state index in [0.717, 1.165) is 22.9 Å². The van der Waals surface area contributed by atoms with Gasteiger partial charge in [-0.15, -0.1) is 11.3 Å². The Morgan fingerprint density at radius 3 is 2.62 bits per heavy atom. The number of thiazole rings is 1. The highest BCUT2D eigenvalue weighted by Crippen LogP contribution is 2.32. The fraction of sp³-hybridized carbons (Fsp3) is 0.0625. The van der Waals surface area contributed by atoms with E-state index in [0.29, 0.717) is 10.0 Å². The highest BCUT2D eigenvalue weighted by molar-refractivity contribution is 7.14. The zero-order chi connectivity index (χ0) is 14.7. The van der Waals surface area contributed by atoms with Crippen molar-refractivity contribution >= 4 is 39.7 Å². The minimum Gasteiger partial charge on any atom is -0.357 e. The number of hydrogen-bond donors (Lipinski definition) is 1. The van der Waals surface area contributed by atoms with Gasteiger partial charge in [0.15, 0.2) is 5.13 Å². The molecule has 0 aliphatic carbocycles. The molecule has 2 nitrogen and oxygen atoms in total. The first-order chi connectivity index (χ1) is 10.2. The fourth-order valence-electron chi connectivity index (χ4n) is 1.95. The molecule has 1 heterocycles. The molecular formula is C16H12Cl2N2S. The maximum atomic E-state index is 6.21. The zero-order valence-electron chi connectivity index (χ0n) is 11.0. The average molecular weight is 335 g/mol. The van der Waals surface area contributed by atoms with Crippen LogP contribution in [0.1, 0.15) is 5.56 Å². The van der Waals surface area contributed by atoms with Gasteiger partial charge in [0.05, 0.1) is 10.7 Å². The molecule has 0 aliphatic heterocycles. The Morgan fingerprint density at radius 2 is 1.86 bits per heavy atom. The van der Waals surface area contributed by atoms with Crippen molar-refractivity contribution in [1.29, 1.82) is 0 Å². The maximum absolute atomic E-state index is 6.21. The third kappa shape index (κ3) is 3.56. The summed E-state index contributed by atoms with van der Waals surface area (Å²) in [6, 6.07) is 15.7. The van der Waals surface area contributed by atoms with E-state index in [9.17, 15) is 0 Å². The van der Waals surface area contributed by atoms with Crippen molar-refractivity contribution in [2.24, 2.45) is 0 Å². The molecule has 0 amide bonds. The van der Waals surface area contributed by atoms with Crippen molar-refractivity contribution in [1.82, 2.24) is 4.98 Å². The summed E-state index contributed by atoms with van der Waals surface area (Å²) in [7, 11) is 0. The first-order valence-corrected chi connectivity index (χ1v) is 8.05. The molecule has 0 spiro atoms. The van der Waals surface area contributed by atoms with Crippen molar-refractivity contribution in [3.8, 4) is 11.3 Å². The number of aromatic nitrogens is 1. The van der Waals surface area contributed by atoms with E-state index in [4.69, 9.17) is 23.2 Å². The minimum absolute atomic E-state index is 0.613. The summed E-state index contributed by atoms with van der Waals surface area (Å²) in [6.45, 7) is 0.752. The number of anilines is 1. The second-order valence-corrected chi connectivity index (χ2v) is 6.20. The van der Waals surface area contributed by atoms with Gasteiger partial charge in [-0.3, -0.25) is 0 Å². The van der Waals surface area contributed by atoms with Crippen LogP contribution in [0.4, 0.5) is 5.13 Å². The molecule has 1 aromatic heterocycles. The van der Waals surface area contributed by atoms with Gasteiger partial charge in [0.25, 0.3) is 0 Å². The molecular weight excluding hydrogens is 323 g/mol. The van der Waals surface area contributed by atoms with Crippen LogP contribution in [0.2, 0.25) is 10.0 Å². The lowest BCUT2D eigenvalue weighted by Gasteiger charge is -2.03. The summed E-state index contributed by atoms with van der Waals surface area (Å²) in [4.78, 5) is 4.57. The Morgan fingerprint density at radius 1 is 1.05 bits per heavy atom. The van der Waals surface area contributed by atoms with Gasteiger partial charge in [-0.1, -0.05) is 53.5 Å². The molecule has 21 heavy (non-hydrogen) atoms. The summed E-state index contributed by atoms with van der Waals surface area (Å²) >= 11 is 13.7. The minimum atomic E-state index is 0.613. The van der Waals surface area contributed by atoms with Gasteiger partial charge in [0.2, 0.25) is 0 Å². The van der Waals surface area contributed by atoms with E-state index in [1.807, 2.05) is 35.7 Å². The van der Waals surface area contributed by atoms with Crippen molar-refractivity contribution in [2.45, 2.75) is 6.54 Å². The lowest BCUT2D eigenvalue weighted by molar-refractivity contribution is 1.14. The van der Waals surface area contributed by atoms with E-state index in [2.05, 4.69) is 22.4 Å². The van der Waals surface area contributed by atoms with Crippen molar-refractivity contribution in [3.05, 3.63) is 69.5 Å². The van der Waals surface area contributed by atoms with Gasteiger partial charge in [-0.05, 0) is 23.8 Å². The number of nitrogens with one attached hydrogen (secondary N) is 1. The molecule has 2 aromatic carbocycles. The zero-order valence-corrected chi connectivity index (χ0v) is 13.3. The molecule has 0 saturated heterocycles. The molecule has 0 saturated carbocycles. The van der Waals surface area contributed by atoms with Crippen LogP contribution in [0.5, 0.6) is 0 Å². The molecule has 3 aromatic rings. The lowest BCUT2D eigenvalue weighted by atomic mass is 10.2. The number of halogens is 2. The summed E-state index contributed by atoms with van der Waals surface area (Å²) in [6.07, 6.45) is 0. The normalized spacial score (nSPS) is 10.6. The summed E-state index contributed by atoms with van der Waals surface area (Å²) in [5.74, 6) is 0. The SMILES string of the molecule is Clc1ccc(-c2csc(NCc3ccccc3)n2)c(Cl)c1. The van der Waals surface area contributed by atoms with Crippen molar-refractivity contribution in [3.63, 3.8) is 0 Å². The fourth-order valence-corrected chi connectivity index (χ4v) is 3.16. The van der Waals surface area contributed by atoms with Gasteiger partial charge in [-0.25, -0.2) is 4.98 Å². The maximum Gasteiger partial charge on any atom is 0.183 e. The highest BCUT2D eigenvalue weighted by atomic mass is 35.5. The number of rotatable bonds is 4. The Hall–Kier alpha value is -1.55. The second kappa shape index (κ2) is 6.48. The van der Waals surface area contributed by atoms with E-state index in [1.165, 1.54) is 5.56 Å². The molecule has 3 rings (SSSR count). The van der Waals surface area contributed by atoms with Crippen LogP contribution in [0.25, 0.3) is 11.3 Å². The molecule has 1 N–H and O–H groups in total. The van der Waals surface area contributed by atoms with Crippen LogP contribution >= 0.6 is 34.5 Å². The van der Waals surface area contributed by atoms with Crippen LogP contribution < -0.4 is 5.32 Å². The number of benzene rings is 2. The molecule has 0 radical (unpaired) electrons. The van der Waals surface area contributed by atoms with E-state index in [1.54, 1.807) is 17.4 Å². The van der Waals surface area contributed by atoms with Gasteiger partial charge in [0, 0.05) is 22.5 Å². The van der Waals surface area contributed by atoms with Crippen LogP contribution in [0, 0.1) is 0 Å². The van der Waals surface area contributed by atoms with Gasteiger partial charge in [0.1, 0.15) is 0 Å². The molecule has 0 unspecified atom stereocenters. The largest absolute Gasteiger partial charge is 0.357 e. The number of nitrogens with zero attached hydrogens (tertiary/aromatic N) is 1. The third-order valence-electron chi connectivity index (χ3n) is 3.00.